The molecule has 3 aliphatic rings. The van der Waals surface area contributed by atoms with Gasteiger partial charge in [0.1, 0.15) is 21.8 Å². The predicted octanol–water partition coefficient (Wildman–Crippen LogP) is 4.82. The highest BCUT2D eigenvalue weighted by Crippen LogP contribution is 2.39. The Morgan fingerprint density at radius 1 is 1.18 bits per heavy atom. The zero-order valence-electron chi connectivity index (χ0n) is 19.7. The summed E-state index contributed by atoms with van der Waals surface area (Å²) < 4.78 is 2.32. The van der Waals surface area contributed by atoms with Crippen LogP contribution in [0.4, 0.5) is 5.82 Å². The van der Waals surface area contributed by atoms with E-state index >= 15 is 0 Å². The lowest BCUT2D eigenvalue weighted by Crippen LogP contribution is -2.40. The van der Waals surface area contributed by atoms with Crippen LogP contribution in [0.5, 0.6) is 0 Å². The summed E-state index contributed by atoms with van der Waals surface area (Å²) in [5, 5.41) is 9.76. The van der Waals surface area contributed by atoms with E-state index in [0.717, 1.165) is 63.0 Å². The highest BCUT2D eigenvalue weighted by Gasteiger charge is 2.38. The number of anilines is 1. The van der Waals surface area contributed by atoms with Crippen molar-refractivity contribution < 1.29 is 4.79 Å². The number of carbonyl (C=O) groups excluding carboxylic acids is 1. The van der Waals surface area contributed by atoms with Crippen LogP contribution in [-0.4, -0.2) is 38.8 Å². The third-order valence-electron chi connectivity index (χ3n) is 7.16. The molecule has 1 unspecified atom stereocenters. The minimum Gasteiger partial charge on any atom is -0.357 e. The maximum absolute atomic E-state index is 13.4. The van der Waals surface area contributed by atoms with Crippen LogP contribution in [0, 0.1) is 24.2 Å². The molecule has 2 saturated heterocycles. The van der Waals surface area contributed by atoms with Crippen molar-refractivity contribution in [2.45, 2.75) is 78.3 Å². The fourth-order valence-electron chi connectivity index (χ4n) is 5.42. The molecule has 1 amide bonds. The molecule has 3 fully saturated rings. The lowest BCUT2D eigenvalue weighted by atomic mass is 9.94. The Labute approximate surface area is 205 Å². The number of thiocarbonyl (C=S) groups is 1. The molecule has 4 rings (SSSR count). The summed E-state index contributed by atoms with van der Waals surface area (Å²) in [4.78, 5) is 31.3. The number of nitrogens with zero attached hydrogens (tertiary/aromatic N) is 4. The molecule has 1 atom stereocenters. The Bertz CT molecular complexity index is 1100. The molecular formula is C25H32N4O2S2. The van der Waals surface area contributed by atoms with Crippen molar-refractivity contribution in [3.8, 4) is 6.07 Å². The summed E-state index contributed by atoms with van der Waals surface area (Å²) in [6.45, 7) is 8.17. The third kappa shape index (κ3) is 4.50. The first-order valence-corrected chi connectivity index (χ1v) is 13.3. The zero-order chi connectivity index (χ0) is 23.7. The highest BCUT2D eigenvalue weighted by molar-refractivity contribution is 8.26. The molecule has 1 aromatic rings. The number of hydrogen-bond acceptors (Lipinski definition) is 6. The van der Waals surface area contributed by atoms with E-state index in [0.29, 0.717) is 27.3 Å². The topological polar surface area (TPSA) is 69.3 Å². The molecule has 3 heterocycles. The van der Waals surface area contributed by atoms with Gasteiger partial charge in [-0.25, -0.2) is 0 Å². The Kier molecular flexibility index (Phi) is 7.30. The van der Waals surface area contributed by atoms with Gasteiger partial charge in [0.15, 0.2) is 0 Å². The molecule has 6 nitrogen and oxygen atoms in total. The van der Waals surface area contributed by atoms with Gasteiger partial charge in [0.2, 0.25) is 0 Å². The van der Waals surface area contributed by atoms with Gasteiger partial charge in [-0.15, -0.1) is 0 Å². The van der Waals surface area contributed by atoms with Crippen LogP contribution in [0.2, 0.25) is 0 Å². The van der Waals surface area contributed by atoms with Crippen LogP contribution in [0.1, 0.15) is 75.5 Å². The summed E-state index contributed by atoms with van der Waals surface area (Å²) in [5.41, 5.74) is 1.34. The Morgan fingerprint density at radius 3 is 2.55 bits per heavy atom. The maximum atomic E-state index is 13.4. The standard InChI is InChI=1S/C25H32N4O2S2/c1-4-28-22(27-12-8-9-16(2)15-27)19(17(3)20(14-26)23(28)30)13-21-24(31)29(25(32)33-21)18-10-6-5-7-11-18/h13,16,18H,4-12,15H2,1-3H3/b21-13-. The molecule has 0 spiro atoms. The average molecular weight is 485 g/mol. The number of nitriles is 1. The summed E-state index contributed by atoms with van der Waals surface area (Å²) in [5.74, 6) is 1.31. The number of amides is 1. The van der Waals surface area contributed by atoms with Crippen LogP contribution in [0.25, 0.3) is 6.08 Å². The Balaban J connectivity index is 1.83. The van der Waals surface area contributed by atoms with Gasteiger partial charge in [-0.1, -0.05) is 50.2 Å². The van der Waals surface area contributed by atoms with Crippen LogP contribution in [0.3, 0.4) is 0 Å². The molecule has 176 valence electrons. The van der Waals surface area contributed by atoms with E-state index in [1.165, 1.54) is 18.2 Å². The molecule has 2 aliphatic heterocycles. The molecule has 0 N–H and O–H groups in total. The monoisotopic (exact) mass is 484 g/mol. The van der Waals surface area contributed by atoms with E-state index in [4.69, 9.17) is 12.2 Å². The normalized spacial score (nSPS) is 23.5. The lowest BCUT2D eigenvalue weighted by molar-refractivity contribution is -0.124. The van der Waals surface area contributed by atoms with Crippen LogP contribution in [-0.2, 0) is 11.3 Å². The molecule has 1 aromatic heterocycles. The first kappa shape index (κ1) is 24.0. The van der Waals surface area contributed by atoms with Gasteiger partial charge in [-0.05, 0) is 57.1 Å². The summed E-state index contributed by atoms with van der Waals surface area (Å²) in [7, 11) is 0. The van der Waals surface area contributed by atoms with Crippen molar-refractivity contribution in [1.29, 1.82) is 5.26 Å². The number of piperidine rings is 1. The number of aromatic nitrogens is 1. The van der Waals surface area contributed by atoms with Crippen molar-refractivity contribution >= 4 is 46.1 Å². The minimum atomic E-state index is -0.252. The first-order valence-electron chi connectivity index (χ1n) is 12.1. The number of thioether (sulfide) groups is 1. The molecule has 33 heavy (non-hydrogen) atoms. The summed E-state index contributed by atoms with van der Waals surface area (Å²) in [6.07, 6.45) is 9.57. The predicted molar refractivity (Wildman–Crippen MR) is 138 cm³/mol. The largest absolute Gasteiger partial charge is 0.357 e. The third-order valence-corrected chi connectivity index (χ3v) is 8.49. The second kappa shape index (κ2) is 10.0. The molecule has 0 radical (unpaired) electrons. The van der Waals surface area contributed by atoms with E-state index in [2.05, 4.69) is 17.9 Å². The van der Waals surface area contributed by atoms with E-state index in [-0.39, 0.29) is 23.1 Å². The average Bonchev–Trinajstić information content (AvgIpc) is 3.09. The van der Waals surface area contributed by atoms with E-state index in [9.17, 15) is 14.9 Å². The smallest absolute Gasteiger partial charge is 0.270 e. The quantitative estimate of drug-likeness (QED) is 0.451. The van der Waals surface area contributed by atoms with Crippen LogP contribution in [0.15, 0.2) is 9.70 Å². The minimum absolute atomic E-state index is 0.0398. The van der Waals surface area contributed by atoms with E-state index < -0.39 is 0 Å². The van der Waals surface area contributed by atoms with Crippen molar-refractivity contribution in [3.63, 3.8) is 0 Å². The second-order valence-electron chi connectivity index (χ2n) is 9.44. The molecule has 8 heteroatoms. The van der Waals surface area contributed by atoms with Crippen molar-refractivity contribution in [3.05, 3.63) is 31.9 Å². The van der Waals surface area contributed by atoms with Gasteiger partial charge >= 0.3 is 0 Å². The maximum Gasteiger partial charge on any atom is 0.270 e. The molecular weight excluding hydrogens is 452 g/mol. The second-order valence-corrected chi connectivity index (χ2v) is 11.1. The Hall–Kier alpha value is -2.11. The number of rotatable bonds is 4. The summed E-state index contributed by atoms with van der Waals surface area (Å²) >= 11 is 6.97. The summed E-state index contributed by atoms with van der Waals surface area (Å²) in [6, 6.07) is 2.29. The molecule has 0 bridgehead atoms. The van der Waals surface area contributed by atoms with Gasteiger partial charge in [-0.2, -0.15) is 5.26 Å². The van der Waals surface area contributed by atoms with Crippen molar-refractivity contribution in [2.75, 3.05) is 18.0 Å². The van der Waals surface area contributed by atoms with Crippen molar-refractivity contribution in [2.24, 2.45) is 5.92 Å². The van der Waals surface area contributed by atoms with E-state index in [1.54, 1.807) is 4.57 Å². The number of pyridine rings is 1. The fraction of sp³-hybridized carbons (Fsp3) is 0.600. The van der Waals surface area contributed by atoms with E-state index in [1.807, 2.05) is 24.8 Å². The zero-order valence-corrected chi connectivity index (χ0v) is 21.4. The number of hydrogen-bond donors (Lipinski definition) is 0. The molecule has 0 aromatic carbocycles. The van der Waals surface area contributed by atoms with Gasteiger partial charge in [0.05, 0.1) is 4.91 Å². The number of carbonyl (C=O) groups is 1. The van der Waals surface area contributed by atoms with Crippen LogP contribution < -0.4 is 10.5 Å². The fourth-order valence-corrected chi connectivity index (χ4v) is 6.81. The van der Waals surface area contributed by atoms with Gasteiger partial charge < -0.3 is 4.90 Å². The SMILES string of the molecule is CCn1c(N2CCCC(C)C2)c(/C=C2\SC(=S)N(C3CCCCC3)C2=O)c(C)c(C#N)c1=O. The Morgan fingerprint density at radius 2 is 1.91 bits per heavy atom. The van der Waals surface area contributed by atoms with Gasteiger partial charge in [0.25, 0.3) is 11.5 Å². The van der Waals surface area contributed by atoms with Crippen molar-refractivity contribution in [1.82, 2.24) is 9.47 Å². The lowest BCUT2D eigenvalue weighted by Gasteiger charge is -2.36. The highest BCUT2D eigenvalue weighted by atomic mass is 32.2. The van der Waals surface area contributed by atoms with Gasteiger partial charge in [-0.3, -0.25) is 19.1 Å². The van der Waals surface area contributed by atoms with Crippen LogP contribution >= 0.6 is 24.0 Å². The molecule has 1 saturated carbocycles. The first-order chi connectivity index (χ1) is 15.9. The van der Waals surface area contributed by atoms with Gasteiger partial charge in [0, 0.05) is 31.2 Å². The molecule has 1 aliphatic carbocycles.